The van der Waals surface area contributed by atoms with E-state index in [1.165, 1.54) is 0 Å². The second kappa shape index (κ2) is 7.04. The molecular weight excluding hydrogens is 367 g/mol. The summed E-state index contributed by atoms with van der Waals surface area (Å²) in [6.07, 6.45) is 4.80. The molecule has 5 heteroatoms. The lowest BCUT2D eigenvalue weighted by molar-refractivity contribution is 0.194. The zero-order chi connectivity index (χ0) is 14.4. The third kappa shape index (κ3) is 4.65. The van der Waals surface area contributed by atoms with E-state index in [-0.39, 0.29) is 0 Å². The summed E-state index contributed by atoms with van der Waals surface area (Å²) in [5, 5.41) is 10.9. The zero-order valence-electron chi connectivity index (χ0n) is 10.6. The fourth-order valence-electron chi connectivity index (χ4n) is 1.64. The monoisotopic (exact) mass is 380 g/mol. The second-order valence-electron chi connectivity index (χ2n) is 4.15. The molecule has 0 radical (unpaired) electrons. The lowest BCUT2D eigenvalue weighted by Crippen LogP contribution is -2.19. The van der Waals surface area contributed by atoms with Crippen LogP contribution >= 0.6 is 22.6 Å². The molecule has 0 bridgehead atoms. The van der Waals surface area contributed by atoms with Crippen molar-refractivity contribution in [1.82, 2.24) is 10.3 Å². The number of carboxylic acid groups (broad SMARTS) is 1. The molecule has 1 aromatic heterocycles. The first-order valence-corrected chi connectivity index (χ1v) is 7.07. The largest absolute Gasteiger partial charge is 0.465 e. The highest BCUT2D eigenvalue weighted by atomic mass is 127. The maximum Gasteiger partial charge on any atom is 0.404 e. The summed E-state index contributed by atoms with van der Waals surface area (Å²) in [5.74, 6) is 0. The molecule has 1 heterocycles. The Labute approximate surface area is 130 Å². The lowest BCUT2D eigenvalue weighted by Gasteiger charge is -2.01. The van der Waals surface area contributed by atoms with Crippen molar-refractivity contribution in [3.05, 3.63) is 63.0 Å². The third-order valence-corrected chi connectivity index (χ3v) is 3.23. The van der Waals surface area contributed by atoms with Crippen LogP contribution in [0.3, 0.4) is 0 Å². The second-order valence-corrected chi connectivity index (χ2v) is 5.25. The summed E-state index contributed by atoms with van der Waals surface area (Å²) in [6, 6.07) is 11.7. The van der Waals surface area contributed by atoms with Gasteiger partial charge in [-0.25, -0.2) is 4.79 Å². The number of aromatic nitrogens is 1. The van der Waals surface area contributed by atoms with E-state index in [4.69, 9.17) is 5.11 Å². The van der Waals surface area contributed by atoms with E-state index in [1.807, 2.05) is 48.6 Å². The van der Waals surface area contributed by atoms with Crippen molar-refractivity contribution in [2.75, 3.05) is 0 Å². The fourth-order valence-corrected chi connectivity index (χ4v) is 2.16. The Kier molecular flexibility index (Phi) is 5.11. The lowest BCUT2D eigenvalue weighted by atomic mass is 10.1. The van der Waals surface area contributed by atoms with Crippen LogP contribution in [0.25, 0.3) is 12.2 Å². The Balaban J connectivity index is 2.01. The first-order valence-electron chi connectivity index (χ1n) is 5.99. The van der Waals surface area contributed by atoms with Crippen LogP contribution in [-0.2, 0) is 6.54 Å². The molecule has 102 valence electrons. The van der Waals surface area contributed by atoms with Crippen LogP contribution in [0, 0.1) is 3.70 Å². The van der Waals surface area contributed by atoms with Gasteiger partial charge in [-0.1, -0.05) is 36.4 Å². The van der Waals surface area contributed by atoms with E-state index in [0.717, 1.165) is 20.4 Å². The highest BCUT2D eigenvalue weighted by Gasteiger charge is 1.96. The van der Waals surface area contributed by atoms with Gasteiger partial charge < -0.3 is 10.4 Å². The summed E-state index contributed by atoms with van der Waals surface area (Å²) >= 11 is 2.18. The van der Waals surface area contributed by atoms with Crippen LogP contribution in [0.15, 0.2) is 42.6 Å². The van der Waals surface area contributed by atoms with E-state index < -0.39 is 6.09 Å². The molecule has 0 spiro atoms. The summed E-state index contributed by atoms with van der Waals surface area (Å²) in [7, 11) is 0. The molecule has 0 fully saturated rings. The predicted octanol–water partition coefficient (Wildman–Crippen LogP) is 3.62. The minimum absolute atomic E-state index is 0.321. The first-order chi connectivity index (χ1) is 9.63. The van der Waals surface area contributed by atoms with Gasteiger partial charge in [0.25, 0.3) is 0 Å². The number of nitrogens with one attached hydrogen (secondary N) is 1. The van der Waals surface area contributed by atoms with Gasteiger partial charge >= 0.3 is 6.09 Å². The van der Waals surface area contributed by atoms with Crippen LogP contribution < -0.4 is 5.32 Å². The van der Waals surface area contributed by atoms with Crippen LogP contribution in [0.4, 0.5) is 4.79 Å². The molecule has 1 amide bonds. The summed E-state index contributed by atoms with van der Waals surface area (Å²) in [5.41, 5.74) is 3.10. The first kappa shape index (κ1) is 14.5. The van der Waals surface area contributed by atoms with E-state index in [1.54, 1.807) is 6.20 Å². The third-order valence-electron chi connectivity index (χ3n) is 2.64. The number of amides is 1. The molecule has 0 atom stereocenters. The maximum absolute atomic E-state index is 10.4. The molecule has 2 aromatic rings. The number of nitrogens with zero attached hydrogens (tertiary/aromatic N) is 1. The highest BCUT2D eigenvalue weighted by Crippen LogP contribution is 2.11. The summed E-state index contributed by atoms with van der Waals surface area (Å²) in [6.45, 7) is 0.321. The predicted molar refractivity (Wildman–Crippen MR) is 87.2 cm³/mol. The van der Waals surface area contributed by atoms with Crippen molar-refractivity contribution in [2.24, 2.45) is 0 Å². The summed E-state index contributed by atoms with van der Waals surface area (Å²) < 4.78 is 0.958. The zero-order valence-corrected chi connectivity index (χ0v) is 12.7. The number of halogens is 1. The van der Waals surface area contributed by atoms with E-state index >= 15 is 0 Å². The Bertz CT molecular complexity index is 624. The molecule has 0 saturated heterocycles. The van der Waals surface area contributed by atoms with E-state index in [9.17, 15) is 4.79 Å². The quantitative estimate of drug-likeness (QED) is 0.629. The van der Waals surface area contributed by atoms with Gasteiger partial charge in [0, 0.05) is 12.7 Å². The Morgan fingerprint density at radius 1 is 1.20 bits per heavy atom. The molecule has 0 aliphatic heterocycles. The van der Waals surface area contributed by atoms with Crippen molar-refractivity contribution in [2.45, 2.75) is 6.54 Å². The number of carbonyl (C=O) groups is 1. The molecule has 2 N–H and O–H groups in total. The average molecular weight is 380 g/mol. The normalized spacial score (nSPS) is 10.7. The topological polar surface area (TPSA) is 62.2 Å². The molecule has 0 aliphatic carbocycles. The number of pyridine rings is 1. The number of hydrogen-bond donors (Lipinski definition) is 2. The maximum atomic E-state index is 10.4. The fraction of sp³-hybridized carbons (Fsp3) is 0.0667. The minimum Gasteiger partial charge on any atom is -0.465 e. The molecule has 2 rings (SSSR count). The number of benzene rings is 1. The smallest absolute Gasteiger partial charge is 0.404 e. The van der Waals surface area contributed by atoms with E-state index in [2.05, 4.69) is 32.9 Å². The standard InChI is InChI=1S/C15H13IN2O2/c16-14-9-12(7-8-17-14)4-1-11-2-5-13(6-3-11)10-18-15(19)20/h1-9,18H,10H2,(H,19,20)/b4-1+. The van der Waals surface area contributed by atoms with E-state index in [0.29, 0.717) is 6.54 Å². The van der Waals surface area contributed by atoms with Gasteiger partial charge in [0.2, 0.25) is 0 Å². The van der Waals surface area contributed by atoms with Gasteiger partial charge in [-0.05, 0) is 51.4 Å². The van der Waals surface area contributed by atoms with Gasteiger partial charge in [-0.3, -0.25) is 4.98 Å². The molecule has 0 unspecified atom stereocenters. The van der Waals surface area contributed by atoms with Gasteiger partial charge in [0.15, 0.2) is 0 Å². The van der Waals surface area contributed by atoms with Gasteiger partial charge in [0.1, 0.15) is 3.70 Å². The highest BCUT2D eigenvalue weighted by molar-refractivity contribution is 14.1. The van der Waals surface area contributed by atoms with Crippen LogP contribution in [0.5, 0.6) is 0 Å². The van der Waals surface area contributed by atoms with Crippen LogP contribution in [0.2, 0.25) is 0 Å². The molecular formula is C15H13IN2O2. The molecule has 20 heavy (non-hydrogen) atoms. The molecule has 4 nitrogen and oxygen atoms in total. The molecule has 0 saturated carbocycles. The van der Waals surface area contributed by atoms with Crippen molar-refractivity contribution in [3.8, 4) is 0 Å². The Morgan fingerprint density at radius 3 is 2.55 bits per heavy atom. The van der Waals surface area contributed by atoms with Crippen molar-refractivity contribution in [3.63, 3.8) is 0 Å². The van der Waals surface area contributed by atoms with Gasteiger partial charge in [-0.2, -0.15) is 0 Å². The van der Waals surface area contributed by atoms with Crippen molar-refractivity contribution in [1.29, 1.82) is 0 Å². The Hall–Kier alpha value is -1.89. The van der Waals surface area contributed by atoms with Gasteiger partial charge in [-0.15, -0.1) is 0 Å². The van der Waals surface area contributed by atoms with Gasteiger partial charge in [0.05, 0.1) is 0 Å². The molecule has 1 aromatic carbocycles. The Morgan fingerprint density at radius 2 is 1.90 bits per heavy atom. The van der Waals surface area contributed by atoms with Crippen molar-refractivity contribution >= 4 is 40.8 Å². The number of rotatable bonds is 4. The number of hydrogen-bond acceptors (Lipinski definition) is 2. The summed E-state index contributed by atoms with van der Waals surface area (Å²) in [4.78, 5) is 14.5. The molecule has 0 aliphatic rings. The SMILES string of the molecule is O=C(O)NCc1ccc(/C=C/c2ccnc(I)c2)cc1. The van der Waals surface area contributed by atoms with Crippen LogP contribution in [-0.4, -0.2) is 16.2 Å². The average Bonchev–Trinajstić information content (AvgIpc) is 2.44. The van der Waals surface area contributed by atoms with Crippen LogP contribution in [0.1, 0.15) is 16.7 Å². The minimum atomic E-state index is -1.01. The van der Waals surface area contributed by atoms with Crippen molar-refractivity contribution < 1.29 is 9.90 Å².